The van der Waals surface area contributed by atoms with Crippen LogP contribution in [0.25, 0.3) is 22.0 Å². The first-order valence-corrected chi connectivity index (χ1v) is 10.1. The molecule has 1 heterocycles. The molecule has 5 nitrogen and oxygen atoms in total. The number of hydrogen-bond donors (Lipinski definition) is 2. The second-order valence-electron chi connectivity index (χ2n) is 7.81. The van der Waals surface area contributed by atoms with Crippen molar-refractivity contribution in [1.29, 1.82) is 0 Å². The van der Waals surface area contributed by atoms with E-state index in [1.807, 2.05) is 25.1 Å². The van der Waals surface area contributed by atoms with Gasteiger partial charge in [-0.15, -0.1) is 0 Å². The lowest BCUT2D eigenvalue weighted by Crippen LogP contribution is -2.28. The number of carbonyl (C=O) groups is 1. The minimum Gasteiger partial charge on any atom is -0.465 e. The molecule has 3 N–H and O–H groups in total. The second kappa shape index (κ2) is 8.62. The van der Waals surface area contributed by atoms with Gasteiger partial charge in [0.15, 0.2) is 0 Å². The van der Waals surface area contributed by atoms with Crippen molar-refractivity contribution in [3.05, 3.63) is 59.3 Å². The maximum atomic E-state index is 11.6. The quantitative estimate of drug-likeness (QED) is 0.592. The molecular formula is C24H29N3O2. The van der Waals surface area contributed by atoms with E-state index in [1.165, 1.54) is 10.5 Å². The van der Waals surface area contributed by atoms with Gasteiger partial charge in [0, 0.05) is 29.9 Å². The molecular weight excluding hydrogens is 362 g/mol. The van der Waals surface area contributed by atoms with E-state index in [1.54, 1.807) is 0 Å². The minimum absolute atomic E-state index is 0.378. The largest absolute Gasteiger partial charge is 0.465 e. The summed E-state index contributed by atoms with van der Waals surface area (Å²) in [6.07, 6.45) is -0.119. The van der Waals surface area contributed by atoms with Crippen LogP contribution in [0.1, 0.15) is 37.6 Å². The number of benzene rings is 2. The van der Waals surface area contributed by atoms with E-state index in [9.17, 15) is 9.90 Å². The lowest BCUT2D eigenvalue weighted by Gasteiger charge is -2.21. The number of nitrogens with two attached hydrogens (primary N) is 1. The highest BCUT2D eigenvalue weighted by molar-refractivity contribution is 6.00. The number of aryl methyl sites for hydroxylation is 1. The highest BCUT2D eigenvalue weighted by Crippen LogP contribution is 2.36. The Kier molecular flexibility index (Phi) is 6.18. The summed E-state index contributed by atoms with van der Waals surface area (Å²) >= 11 is 0. The van der Waals surface area contributed by atoms with E-state index in [4.69, 9.17) is 10.7 Å². The van der Waals surface area contributed by atoms with Crippen LogP contribution in [0.4, 0.5) is 10.5 Å². The molecule has 0 aliphatic rings. The van der Waals surface area contributed by atoms with Gasteiger partial charge >= 0.3 is 6.09 Å². The molecule has 0 spiro atoms. The molecule has 0 aliphatic heterocycles. The van der Waals surface area contributed by atoms with Crippen LogP contribution in [-0.4, -0.2) is 22.7 Å². The van der Waals surface area contributed by atoms with Crippen molar-refractivity contribution in [3.63, 3.8) is 0 Å². The first-order chi connectivity index (χ1) is 13.8. The zero-order valence-corrected chi connectivity index (χ0v) is 17.6. The van der Waals surface area contributed by atoms with Gasteiger partial charge in [0.2, 0.25) is 0 Å². The molecule has 2 aromatic carbocycles. The third kappa shape index (κ3) is 4.25. The molecule has 0 fully saturated rings. The number of nitrogens with zero attached hydrogens (tertiary/aromatic N) is 2. The maximum Gasteiger partial charge on any atom is 0.411 e. The summed E-state index contributed by atoms with van der Waals surface area (Å²) in [5, 5.41) is 10.5. The van der Waals surface area contributed by atoms with Gasteiger partial charge in [-0.1, -0.05) is 43.7 Å². The molecule has 5 heteroatoms. The molecule has 0 atom stereocenters. The monoisotopic (exact) mass is 391 g/mol. The fraction of sp³-hybridized carbons (Fsp3) is 0.333. The van der Waals surface area contributed by atoms with Gasteiger partial charge in [0.1, 0.15) is 0 Å². The standard InChI is InChI=1S/C24H29N3O2/c1-5-27(24(28)29)18-10-11-21-19(13-18)23(17-8-6-16(4)7-9-17)20(14-25)22(26-21)12-15(2)3/h6-11,13,15H,5,12,14,25H2,1-4H3,(H,28,29). The van der Waals surface area contributed by atoms with Crippen LogP contribution in [-0.2, 0) is 13.0 Å². The lowest BCUT2D eigenvalue weighted by atomic mass is 9.91. The molecule has 0 saturated carbocycles. The zero-order chi connectivity index (χ0) is 21.1. The second-order valence-corrected chi connectivity index (χ2v) is 7.81. The Morgan fingerprint density at radius 2 is 1.86 bits per heavy atom. The maximum absolute atomic E-state index is 11.6. The lowest BCUT2D eigenvalue weighted by molar-refractivity contribution is 0.202. The van der Waals surface area contributed by atoms with Crippen LogP contribution in [0, 0.1) is 12.8 Å². The van der Waals surface area contributed by atoms with Crippen molar-refractivity contribution in [2.45, 2.75) is 40.7 Å². The normalized spacial score (nSPS) is 11.2. The molecule has 1 aromatic heterocycles. The Balaban J connectivity index is 2.35. The molecule has 0 radical (unpaired) electrons. The SMILES string of the molecule is CCN(C(=O)O)c1ccc2nc(CC(C)C)c(CN)c(-c3ccc(C)cc3)c2c1. The molecule has 0 bridgehead atoms. The Labute approximate surface area is 172 Å². The molecule has 0 aliphatic carbocycles. The van der Waals surface area contributed by atoms with E-state index in [-0.39, 0.29) is 0 Å². The summed E-state index contributed by atoms with van der Waals surface area (Å²) in [5.41, 5.74) is 13.1. The van der Waals surface area contributed by atoms with Crippen molar-refractivity contribution in [2.75, 3.05) is 11.4 Å². The summed E-state index contributed by atoms with van der Waals surface area (Å²) in [4.78, 5) is 17.9. The highest BCUT2D eigenvalue weighted by atomic mass is 16.4. The van der Waals surface area contributed by atoms with Crippen LogP contribution in [0.2, 0.25) is 0 Å². The Bertz CT molecular complexity index is 1030. The van der Waals surface area contributed by atoms with Crippen molar-refractivity contribution < 1.29 is 9.90 Å². The van der Waals surface area contributed by atoms with Gasteiger partial charge in [-0.25, -0.2) is 4.79 Å². The van der Waals surface area contributed by atoms with E-state index >= 15 is 0 Å². The number of pyridine rings is 1. The molecule has 0 saturated heterocycles. The van der Waals surface area contributed by atoms with E-state index in [2.05, 4.69) is 45.0 Å². The molecule has 1 amide bonds. The summed E-state index contributed by atoms with van der Waals surface area (Å²) in [6, 6.07) is 14.0. The van der Waals surface area contributed by atoms with Gasteiger partial charge in [-0.2, -0.15) is 0 Å². The van der Waals surface area contributed by atoms with E-state index < -0.39 is 6.09 Å². The number of hydrogen-bond acceptors (Lipinski definition) is 3. The highest BCUT2D eigenvalue weighted by Gasteiger charge is 2.19. The van der Waals surface area contributed by atoms with Gasteiger partial charge in [-0.3, -0.25) is 9.88 Å². The van der Waals surface area contributed by atoms with Gasteiger partial charge in [0.05, 0.1) is 5.52 Å². The van der Waals surface area contributed by atoms with Gasteiger partial charge in [-0.05, 0) is 61.1 Å². The first-order valence-electron chi connectivity index (χ1n) is 10.1. The summed E-state index contributed by atoms with van der Waals surface area (Å²) in [7, 11) is 0. The van der Waals surface area contributed by atoms with Crippen molar-refractivity contribution in [3.8, 4) is 11.1 Å². The number of rotatable bonds is 6. The number of fused-ring (bicyclic) bond motifs is 1. The number of anilines is 1. The summed E-state index contributed by atoms with van der Waals surface area (Å²) in [6.45, 7) is 9.00. The fourth-order valence-electron chi connectivity index (χ4n) is 3.76. The number of carboxylic acid groups (broad SMARTS) is 1. The molecule has 0 unspecified atom stereocenters. The van der Waals surface area contributed by atoms with Crippen LogP contribution >= 0.6 is 0 Å². The molecule has 3 aromatic rings. The Morgan fingerprint density at radius 1 is 1.17 bits per heavy atom. The third-order valence-corrected chi connectivity index (χ3v) is 5.16. The minimum atomic E-state index is -0.966. The van der Waals surface area contributed by atoms with Crippen molar-refractivity contribution in [1.82, 2.24) is 4.98 Å². The zero-order valence-electron chi connectivity index (χ0n) is 17.6. The van der Waals surface area contributed by atoms with Crippen LogP contribution < -0.4 is 10.6 Å². The van der Waals surface area contributed by atoms with E-state index in [0.29, 0.717) is 24.7 Å². The first kappa shape index (κ1) is 20.8. The topological polar surface area (TPSA) is 79.5 Å². The van der Waals surface area contributed by atoms with Gasteiger partial charge in [0.25, 0.3) is 0 Å². The molecule has 152 valence electrons. The van der Waals surface area contributed by atoms with Crippen LogP contribution in [0.3, 0.4) is 0 Å². The Morgan fingerprint density at radius 3 is 2.41 bits per heavy atom. The smallest absolute Gasteiger partial charge is 0.411 e. The Hall–Kier alpha value is -2.92. The summed E-state index contributed by atoms with van der Waals surface area (Å²) in [5.74, 6) is 0.456. The van der Waals surface area contributed by atoms with Crippen LogP contribution in [0.15, 0.2) is 42.5 Å². The number of amides is 1. The van der Waals surface area contributed by atoms with Gasteiger partial charge < -0.3 is 10.8 Å². The average Bonchev–Trinajstić information content (AvgIpc) is 2.67. The fourth-order valence-corrected chi connectivity index (χ4v) is 3.76. The predicted octanol–water partition coefficient (Wildman–Crippen LogP) is 5.37. The summed E-state index contributed by atoms with van der Waals surface area (Å²) < 4.78 is 0. The number of aromatic nitrogens is 1. The predicted molar refractivity (Wildman–Crippen MR) is 119 cm³/mol. The van der Waals surface area contributed by atoms with Crippen LogP contribution in [0.5, 0.6) is 0 Å². The molecule has 3 rings (SSSR count). The molecule has 29 heavy (non-hydrogen) atoms. The average molecular weight is 392 g/mol. The van der Waals surface area contributed by atoms with Crippen molar-refractivity contribution in [2.24, 2.45) is 11.7 Å². The third-order valence-electron chi connectivity index (χ3n) is 5.16. The van der Waals surface area contributed by atoms with Crippen molar-refractivity contribution >= 4 is 22.7 Å². The van der Waals surface area contributed by atoms with E-state index in [0.717, 1.165) is 39.7 Å².